The number of aliphatic imine (C=N–C) groups is 1. The normalized spacial score (nSPS) is 15.5. The number of hydrogen-bond donors (Lipinski definition) is 1. The van der Waals surface area contributed by atoms with Gasteiger partial charge in [-0.15, -0.1) is 0 Å². The van der Waals surface area contributed by atoms with Crippen molar-refractivity contribution in [3.05, 3.63) is 63.7 Å². The Labute approximate surface area is 171 Å². The largest absolute Gasteiger partial charge is 0.478 e. The van der Waals surface area contributed by atoms with Crippen LogP contribution in [-0.4, -0.2) is 29.4 Å². The molecular formula is C23H25ClN2O2. The molecular weight excluding hydrogens is 372 g/mol. The molecule has 0 saturated heterocycles. The molecule has 1 heterocycles. The number of rotatable bonds is 4. The first-order chi connectivity index (χ1) is 13.1. The van der Waals surface area contributed by atoms with Gasteiger partial charge in [0.2, 0.25) is 0 Å². The Hall–Kier alpha value is -2.59. The zero-order valence-corrected chi connectivity index (χ0v) is 17.6. The lowest BCUT2D eigenvalue weighted by atomic mass is 9.88. The molecule has 4 nitrogen and oxygen atoms in total. The Kier molecular flexibility index (Phi) is 5.35. The smallest absolute Gasteiger partial charge is 0.335 e. The third-order valence-electron chi connectivity index (χ3n) is 5.21. The highest BCUT2D eigenvalue weighted by Gasteiger charge is 2.30. The summed E-state index contributed by atoms with van der Waals surface area (Å²) >= 11 is 6.58. The van der Waals surface area contributed by atoms with E-state index in [4.69, 9.17) is 11.6 Å². The van der Waals surface area contributed by atoms with Gasteiger partial charge in [0.25, 0.3) is 0 Å². The molecule has 1 N–H and O–H groups in total. The number of aryl methyl sites for hydroxylation is 1. The second-order valence-electron chi connectivity index (χ2n) is 7.68. The first-order valence-corrected chi connectivity index (χ1v) is 9.71. The van der Waals surface area contributed by atoms with Gasteiger partial charge in [-0.2, -0.15) is 0 Å². The Bertz CT molecular complexity index is 1010. The number of carboxylic acid groups (broad SMARTS) is 1. The molecule has 146 valence electrons. The van der Waals surface area contributed by atoms with Crippen molar-refractivity contribution in [3.8, 4) is 0 Å². The zero-order chi connectivity index (χ0) is 20.6. The number of likely N-dealkylation sites (N-methyl/N-ethyl adjacent to an activating group) is 1. The molecule has 1 aliphatic rings. The summed E-state index contributed by atoms with van der Waals surface area (Å²) in [6, 6.07) is 8.98. The number of nitrogens with zero attached hydrogens (tertiary/aromatic N) is 2. The molecule has 3 rings (SSSR count). The standard InChI is InChI=1S/C23H25ClN2O2/c1-6-26-21-11-19(24)17(9-18(21)15(3)12-23(26,4)5)13-25-20-10-16(22(27)28)8-7-14(20)2/h7-13H,6H2,1-5H3,(H,27,28). The van der Waals surface area contributed by atoms with Crippen LogP contribution in [0.1, 0.15) is 54.7 Å². The Morgan fingerprint density at radius 2 is 1.96 bits per heavy atom. The minimum Gasteiger partial charge on any atom is -0.478 e. The van der Waals surface area contributed by atoms with Crippen LogP contribution in [0.4, 0.5) is 11.4 Å². The van der Waals surface area contributed by atoms with E-state index >= 15 is 0 Å². The molecule has 0 aliphatic carbocycles. The van der Waals surface area contributed by atoms with Crippen molar-refractivity contribution < 1.29 is 9.90 Å². The van der Waals surface area contributed by atoms with Gasteiger partial charge < -0.3 is 10.0 Å². The predicted molar refractivity (Wildman–Crippen MR) is 118 cm³/mol. The van der Waals surface area contributed by atoms with Gasteiger partial charge in [0.05, 0.1) is 21.8 Å². The zero-order valence-electron chi connectivity index (χ0n) is 16.9. The molecule has 0 saturated carbocycles. The fourth-order valence-corrected chi connectivity index (χ4v) is 4.02. The Balaban J connectivity index is 2.04. The first-order valence-electron chi connectivity index (χ1n) is 9.33. The van der Waals surface area contributed by atoms with Crippen molar-refractivity contribution in [2.45, 2.75) is 40.2 Å². The van der Waals surface area contributed by atoms with Crippen LogP contribution in [0.15, 0.2) is 41.4 Å². The number of anilines is 1. The summed E-state index contributed by atoms with van der Waals surface area (Å²) in [7, 11) is 0. The molecule has 0 radical (unpaired) electrons. The summed E-state index contributed by atoms with van der Waals surface area (Å²) in [5.41, 5.74) is 5.96. The van der Waals surface area contributed by atoms with Crippen molar-refractivity contribution in [2.75, 3.05) is 11.4 Å². The van der Waals surface area contributed by atoms with Gasteiger partial charge in [-0.05, 0) is 70.0 Å². The summed E-state index contributed by atoms with van der Waals surface area (Å²) in [5, 5.41) is 9.82. The monoisotopic (exact) mass is 396 g/mol. The molecule has 0 bridgehead atoms. The average molecular weight is 397 g/mol. The highest BCUT2D eigenvalue weighted by atomic mass is 35.5. The fraction of sp³-hybridized carbons (Fsp3) is 0.304. The van der Waals surface area contributed by atoms with Crippen LogP contribution in [0.2, 0.25) is 5.02 Å². The minimum atomic E-state index is -0.966. The van der Waals surface area contributed by atoms with Gasteiger partial charge in [0.15, 0.2) is 0 Å². The van der Waals surface area contributed by atoms with E-state index in [2.05, 4.69) is 49.7 Å². The van der Waals surface area contributed by atoms with E-state index in [9.17, 15) is 9.90 Å². The van der Waals surface area contributed by atoms with Gasteiger partial charge in [-0.1, -0.05) is 23.7 Å². The topological polar surface area (TPSA) is 52.9 Å². The van der Waals surface area contributed by atoms with E-state index in [-0.39, 0.29) is 11.1 Å². The Morgan fingerprint density at radius 1 is 1.25 bits per heavy atom. The van der Waals surface area contributed by atoms with Gasteiger partial charge in [0, 0.05) is 29.6 Å². The lowest BCUT2D eigenvalue weighted by Gasteiger charge is -2.43. The maximum Gasteiger partial charge on any atom is 0.335 e. The van der Waals surface area contributed by atoms with E-state index in [0.717, 1.165) is 28.9 Å². The molecule has 2 aromatic rings. The second kappa shape index (κ2) is 7.44. The number of hydrogen-bond acceptors (Lipinski definition) is 3. The highest BCUT2D eigenvalue weighted by Crippen LogP contribution is 2.41. The van der Waals surface area contributed by atoms with Gasteiger partial charge >= 0.3 is 5.97 Å². The van der Waals surface area contributed by atoms with E-state index in [1.54, 1.807) is 24.4 Å². The molecule has 0 spiro atoms. The molecule has 0 amide bonds. The van der Waals surface area contributed by atoms with E-state index in [1.807, 2.05) is 13.0 Å². The van der Waals surface area contributed by atoms with Crippen molar-refractivity contribution in [2.24, 2.45) is 4.99 Å². The molecule has 5 heteroatoms. The summed E-state index contributed by atoms with van der Waals surface area (Å²) in [4.78, 5) is 18.1. The number of fused-ring (bicyclic) bond motifs is 1. The summed E-state index contributed by atoms with van der Waals surface area (Å²) < 4.78 is 0. The Morgan fingerprint density at radius 3 is 2.61 bits per heavy atom. The van der Waals surface area contributed by atoms with Crippen molar-refractivity contribution in [1.29, 1.82) is 0 Å². The lowest BCUT2D eigenvalue weighted by Crippen LogP contribution is -2.44. The van der Waals surface area contributed by atoms with Crippen molar-refractivity contribution in [3.63, 3.8) is 0 Å². The van der Waals surface area contributed by atoms with E-state index in [0.29, 0.717) is 10.7 Å². The quantitative estimate of drug-likeness (QED) is 0.633. The molecule has 28 heavy (non-hydrogen) atoms. The number of aromatic carboxylic acids is 1. The lowest BCUT2D eigenvalue weighted by molar-refractivity contribution is 0.0697. The van der Waals surface area contributed by atoms with Crippen LogP contribution >= 0.6 is 11.6 Å². The third kappa shape index (κ3) is 3.69. The number of benzene rings is 2. The van der Waals surface area contributed by atoms with Gasteiger partial charge in [-0.25, -0.2) is 4.79 Å². The third-order valence-corrected chi connectivity index (χ3v) is 5.54. The second-order valence-corrected chi connectivity index (χ2v) is 8.09. The summed E-state index contributed by atoms with van der Waals surface area (Å²) in [6.45, 7) is 11.4. The van der Waals surface area contributed by atoms with Gasteiger partial charge in [-0.3, -0.25) is 4.99 Å². The average Bonchev–Trinajstić information content (AvgIpc) is 2.61. The molecule has 2 aromatic carbocycles. The number of allylic oxidation sites excluding steroid dienone is 1. The molecule has 0 aromatic heterocycles. The highest BCUT2D eigenvalue weighted by molar-refractivity contribution is 6.33. The fourth-order valence-electron chi connectivity index (χ4n) is 3.81. The summed E-state index contributed by atoms with van der Waals surface area (Å²) in [5.74, 6) is -0.966. The van der Waals surface area contributed by atoms with Gasteiger partial charge in [0.1, 0.15) is 0 Å². The van der Waals surface area contributed by atoms with Crippen molar-refractivity contribution >= 4 is 40.7 Å². The number of halogens is 1. The van der Waals surface area contributed by atoms with Crippen LogP contribution in [-0.2, 0) is 0 Å². The van der Waals surface area contributed by atoms with Crippen LogP contribution < -0.4 is 4.90 Å². The minimum absolute atomic E-state index is 0.0703. The maximum absolute atomic E-state index is 11.2. The van der Waals surface area contributed by atoms with Crippen LogP contribution in [0.3, 0.4) is 0 Å². The number of carbonyl (C=O) groups is 1. The maximum atomic E-state index is 11.2. The van der Waals surface area contributed by atoms with E-state index in [1.165, 1.54) is 5.57 Å². The van der Waals surface area contributed by atoms with Crippen LogP contribution in [0, 0.1) is 6.92 Å². The van der Waals surface area contributed by atoms with Crippen LogP contribution in [0.25, 0.3) is 5.57 Å². The van der Waals surface area contributed by atoms with Crippen LogP contribution in [0.5, 0.6) is 0 Å². The number of carboxylic acids is 1. The van der Waals surface area contributed by atoms with Crippen molar-refractivity contribution in [1.82, 2.24) is 0 Å². The predicted octanol–water partition coefficient (Wildman–Crippen LogP) is 6.12. The SMILES string of the molecule is CCN1c2cc(Cl)c(C=Nc3cc(C(=O)O)ccc3C)cc2C(C)=CC1(C)C. The molecule has 0 unspecified atom stereocenters. The molecule has 1 aliphatic heterocycles. The molecule has 0 atom stereocenters. The van der Waals surface area contributed by atoms with E-state index < -0.39 is 5.97 Å². The summed E-state index contributed by atoms with van der Waals surface area (Å²) in [6.07, 6.45) is 3.98. The molecule has 0 fully saturated rings. The first kappa shape index (κ1) is 20.2.